The highest BCUT2D eigenvalue weighted by Gasteiger charge is 2.26. The number of anilines is 1. The second kappa shape index (κ2) is 8.65. The van der Waals surface area contributed by atoms with Crippen LogP contribution in [0.3, 0.4) is 0 Å². The van der Waals surface area contributed by atoms with E-state index in [1.54, 1.807) is 23.1 Å². The summed E-state index contributed by atoms with van der Waals surface area (Å²) in [6.45, 7) is 6.44. The van der Waals surface area contributed by atoms with Gasteiger partial charge in [-0.25, -0.2) is 19.9 Å². The topological polar surface area (TPSA) is 79.8 Å². The minimum atomic E-state index is 0.235. The predicted octanol–water partition coefficient (Wildman–Crippen LogP) is 5.55. The molecule has 7 nitrogen and oxygen atoms in total. The zero-order valence-corrected chi connectivity index (χ0v) is 20.8. The van der Waals surface area contributed by atoms with Gasteiger partial charge in [0, 0.05) is 52.1 Å². The summed E-state index contributed by atoms with van der Waals surface area (Å²) in [4.78, 5) is 25.1. The molecule has 0 bridgehead atoms. The zero-order chi connectivity index (χ0) is 23.2. The number of nitrogens with zero attached hydrogens (tertiary/aromatic N) is 5. The van der Waals surface area contributed by atoms with Gasteiger partial charge in [-0.1, -0.05) is 0 Å². The van der Waals surface area contributed by atoms with E-state index in [4.69, 9.17) is 19.7 Å². The minimum Gasteiger partial charge on any atom is -0.377 e. The molecule has 5 aromatic heterocycles. The molecule has 0 amide bonds. The van der Waals surface area contributed by atoms with Gasteiger partial charge in [0.2, 0.25) is 0 Å². The maximum Gasteiger partial charge on any atom is 0.163 e. The van der Waals surface area contributed by atoms with Crippen molar-refractivity contribution in [2.24, 2.45) is 0 Å². The standard InChI is InChI=1S/C25H24N6OS2/c1-14-12-32-11-10-31(14)25-22-21(19(13-34-22)16-4-5-20(33-3)28-15(16)2)29-24(30-25)18-7-9-27-23-17(18)6-8-26-23/h4-9,13-14H,10-12H2,1-3H3,(H,26,27)/t14-/m1/s1. The fraction of sp³-hybridized carbons (Fsp3) is 0.280. The number of aromatic amines is 1. The van der Waals surface area contributed by atoms with E-state index >= 15 is 0 Å². The molecule has 1 aliphatic heterocycles. The maximum atomic E-state index is 5.72. The molecule has 1 aliphatic rings. The molecule has 0 saturated carbocycles. The smallest absolute Gasteiger partial charge is 0.163 e. The van der Waals surface area contributed by atoms with Gasteiger partial charge in [-0.3, -0.25) is 0 Å². The first kappa shape index (κ1) is 21.5. The van der Waals surface area contributed by atoms with E-state index in [9.17, 15) is 0 Å². The van der Waals surface area contributed by atoms with E-state index in [2.05, 4.69) is 46.2 Å². The van der Waals surface area contributed by atoms with Gasteiger partial charge in [-0.15, -0.1) is 23.1 Å². The Kier molecular flexibility index (Phi) is 5.47. The molecule has 1 N–H and O–H groups in total. The van der Waals surface area contributed by atoms with E-state index in [1.807, 2.05) is 30.8 Å². The molecular weight excluding hydrogens is 464 g/mol. The van der Waals surface area contributed by atoms with Crippen LogP contribution in [0.4, 0.5) is 5.82 Å². The molecule has 0 aliphatic carbocycles. The molecule has 1 fully saturated rings. The van der Waals surface area contributed by atoms with Crippen molar-refractivity contribution in [1.29, 1.82) is 0 Å². The van der Waals surface area contributed by atoms with Gasteiger partial charge in [0.05, 0.1) is 34.5 Å². The van der Waals surface area contributed by atoms with Gasteiger partial charge >= 0.3 is 0 Å². The molecule has 0 radical (unpaired) electrons. The number of morpholine rings is 1. The summed E-state index contributed by atoms with van der Waals surface area (Å²) in [5.74, 6) is 1.68. The predicted molar refractivity (Wildman–Crippen MR) is 140 cm³/mol. The van der Waals surface area contributed by atoms with Crippen molar-refractivity contribution in [3.8, 4) is 22.5 Å². The maximum absolute atomic E-state index is 5.72. The van der Waals surface area contributed by atoms with Gasteiger partial charge in [0.1, 0.15) is 5.65 Å². The lowest BCUT2D eigenvalue weighted by atomic mass is 10.1. The second-order valence-corrected chi connectivity index (χ2v) is 10.1. The van der Waals surface area contributed by atoms with Gasteiger partial charge in [0.15, 0.2) is 11.6 Å². The first-order valence-corrected chi connectivity index (χ1v) is 13.3. The Hall–Kier alpha value is -3.01. The van der Waals surface area contributed by atoms with Crippen LogP contribution in [0.2, 0.25) is 0 Å². The van der Waals surface area contributed by atoms with Crippen LogP contribution in [0, 0.1) is 6.92 Å². The van der Waals surface area contributed by atoms with Crippen LogP contribution >= 0.6 is 23.1 Å². The molecule has 6 rings (SSSR count). The molecule has 9 heteroatoms. The minimum absolute atomic E-state index is 0.235. The molecule has 0 aromatic carbocycles. The Morgan fingerprint density at radius 3 is 2.85 bits per heavy atom. The summed E-state index contributed by atoms with van der Waals surface area (Å²) in [6.07, 6.45) is 5.76. The van der Waals surface area contributed by atoms with Crippen LogP contribution in [0.5, 0.6) is 0 Å². The van der Waals surface area contributed by atoms with Gasteiger partial charge in [-0.05, 0) is 44.4 Å². The van der Waals surface area contributed by atoms with Crippen LogP contribution in [-0.4, -0.2) is 57.0 Å². The Morgan fingerprint density at radius 2 is 2.03 bits per heavy atom. The zero-order valence-electron chi connectivity index (χ0n) is 19.2. The largest absolute Gasteiger partial charge is 0.377 e. The number of aromatic nitrogens is 5. The molecular formula is C25H24N6OS2. The highest BCUT2D eigenvalue weighted by Crippen LogP contribution is 2.41. The van der Waals surface area contributed by atoms with E-state index in [0.29, 0.717) is 19.0 Å². The summed E-state index contributed by atoms with van der Waals surface area (Å²) >= 11 is 3.35. The normalized spacial score (nSPS) is 16.6. The summed E-state index contributed by atoms with van der Waals surface area (Å²) < 4.78 is 6.81. The molecule has 0 spiro atoms. The number of nitrogens with one attached hydrogen (secondary N) is 1. The lowest BCUT2D eigenvalue weighted by Crippen LogP contribution is -2.44. The second-order valence-electron chi connectivity index (χ2n) is 8.40. The summed E-state index contributed by atoms with van der Waals surface area (Å²) in [6, 6.07) is 8.50. The number of hydrogen-bond acceptors (Lipinski definition) is 8. The number of rotatable bonds is 4. The van der Waals surface area contributed by atoms with Crippen molar-refractivity contribution in [2.75, 3.05) is 30.9 Å². The average molecular weight is 489 g/mol. The van der Waals surface area contributed by atoms with Gasteiger partial charge in [-0.2, -0.15) is 0 Å². The number of fused-ring (bicyclic) bond motifs is 2. The number of aryl methyl sites for hydroxylation is 1. The molecule has 6 heterocycles. The highest BCUT2D eigenvalue weighted by molar-refractivity contribution is 7.98. The number of thiophene rings is 1. The molecule has 1 saturated heterocycles. The first-order valence-electron chi connectivity index (χ1n) is 11.2. The van der Waals surface area contributed by atoms with Crippen LogP contribution in [0.1, 0.15) is 12.6 Å². The fourth-order valence-corrected chi connectivity index (χ4v) is 5.99. The SMILES string of the molecule is CSc1ccc(-c2csc3c(N4CCOC[C@H]4C)nc(-c4ccnc5[nH]ccc45)nc23)c(C)n1. The van der Waals surface area contributed by atoms with Crippen LogP contribution in [0.25, 0.3) is 43.8 Å². The van der Waals surface area contributed by atoms with Gasteiger partial charge < -0.3 is 14.6 Å². The highest BCUT2D eigenvalue weighted by atomic mass is 32.2. The van der Waals surface area contributed by atoms with Gasteiger partial charge in [0.25, 0.3) is 0 Å². The number of hydrogen-bond donors (Lipinski definition) is 1. The Bertz CT molecular complexity index is 1510. The van der Waals surface area contributed by atoms with E-state index in [1.165, 1.54) is 0 Å². The first-order chi connectivity index (χ1) is 16.6. The van der Waals surface area contributed by atoms with Crippen molar-refractivity contribution >= 4 is 50.2 Å². The van der Waals surface area contributed by atoms with Crippen LogP contribution in [0.15, 0.2) is 47.1 Å². The summed E-state index contributed by atoms with van der Waals surface area (Å²) in [5.41, 5.74) is 5.98. The molecule has 34 heavy (non-hydrogen) atoms. The molecule has 5 aromatic rings. The Morgan fingerprint density at radius 1 is 1.12 bits per heavy atom. The number of thioether (sulfide) groups is 1. The number of pyridine rings is 2. The van der Waals surface area contributed by atoms with E-state index in [-0.39, 0.29) is 6.04 Å². The number of ether oxygens (including phenoxy) is 1. The van der Waals surface area contributed by atoms with Crippen molar-refractivity contribution in [2.45, 2.75) is 24.9 Å². The van der Waals surface area contributed by atoms with E-state index in [0.717, 1.165) is 61.0 Å². The monoisotopic (exact) mass is 488 g/mol. The summed E-state index contributed by atoms with van der Waals surface area (Å²) in [7, 11) is 0. The van der Waals surface area contributed by atoms with Crippen molar-refractivity contribution in [3.63, 3.8) is 0 Å². The molecule has 1 atom stereocenters. The number of H-pyrrole nitrogens is 1. The Labute approximate surface area is 205 Å². The lowest BCUT2D eigenvalue weighted by Gasteiger charge is -2.34. The lowest BCUT2D eigenvalue weighted by molar-refractivity contribution is 0.0987. The summed E-state index contributed by atoms with van der Waals surface area (Å²) in [5, 5.41) is 4.23. The van der Waals surface area contributed by atoms with Crippen molar-refractivity contribution in [1.82, 2.24) is 24.9 Å². The molecule has 172 valence electrons. The third-order valence-corrected chi connectivity index (χ3v) is 7.91. The quantitative estimate of drug-likeness (QED) is 0.332. The third-order valence-electron chi connectivity index (χ3n) is 6.30. The Balaban J connectivity index is 1.61. The fourth-order valence-electron chi connectivity index (χ4n) is 4.54. The van der Waals surface area contributed by atoms with Crippen molar-refractivity contribution in [3.05, 3.63) is 47.7 Å². The molecule has 0 unspecified atom stereocenters. The van der Waals surface area contributed by atoms with Crippen LogP contribution < -0.4 is 4.90 Å². The van der Waals surface area contributed by atoms with Crippen molar-refractivity contribution < 1.29 is 4.74 Å². The van der Waals surface area contributed by atoms with Crippen LogP contribution in [-0.2, 0) is 4.74 Å². The third kappa shape index (κ3) is 3.55. The average Bonchev–Trinajstić information content (AvgIpc) is 3.51. The van der Waals surface area contributed by atoms with E-state index < -0.39 is 0 Å².